The van der Waals surface area contributed by atoms with E-state index < -0.39 is 16.9 Å². The molecule has 4 heterocycles. The number of hydrogen-bond donors (Lipinski definition) is 0. The lowest BCUT2D eigenvalue weighted by molar-refractivity contribution is -0.389. The Bertz CT molecular complexity index is 1050. The zero-order valence-electron chi connectivity index (χ0n) is 20.0. The maximum Gasteiger partial charge on any atom is 0.573 e. The fourth-order valence-electron chi connectivity index (χ4n) is 5.48. The number of nitro groups is 1. The third-order valence-corrected chi connectivity index (χ3v) is 7.14. The Kier molecular flexibility index (Phi) is 6.45. The molecule has 36 heavy (non-hydrogen) atoms. The molecule has 3 aliphatic rings. The van der Waals surface area contributed by atoms with Crippen LogP contribution in [0.1, 0.15) is 19.8 Å². The van der Waals surface area contributed by atoms with Gasteiger partial charge in [-0.3, -0.25) is 14.4 Å². The van der Waals surface area contributed by atoms with Crippen molar-refractivity contribution < 1.29 is 27.6 Å². The van der Waals surface area contributed by atoms with Crippen LogP contribution >= 0.6 is 0 Å². The number of piperidine rings is 1. The van der Waals surface area contributed by atoms with Crippen molar-refractivity contribution in [2.24, 2.45) is 0 Å². The van der Waals surface area contributed by atoms with Gasteiger partial charge >= 0.3 is 18.2 Å². The van der Waals surface area contributed by atoms with Crippen molar-refractivity contribution in [3.05, 3.63) is 40.6 Å². The molecule has 0 N–H and O–H groups in total. The largest absolute Gasteiger partial charge is 0.573 e. The number of ether oxygens (including phenoxy) is 2. The van der Waals surface area contributed by atoms with Gasteiger partial charge in [0, 0.05) is 49.4 Å². The van der Waals surface area contributed by atoms with Crippen LogP contribution in [-0.2, 0) is 6.54 Å². The summed E-state index contributed by atoms with van der Waals surface area (Å²) in [4.78, 5) is 21.4. The zero-order chi connectivity index (χ0) is 25.5. The minimum Gasteiger partial charge on any atom is -0.436 e. The number of alkyl halides is 3. The molecule has 0 amide bonds. The van der Waals surface area contributed by atoms with Gasteiger partial charge in [-0.05, 0) is 62.0 Å². The molecular formula is C23H29F3N6O4. The zero-order valence-corrected chi connectivity index (χ0v) is 20.0. The Labute approximate surface area is 206 Å². The molecule has 2 aromatic rings. The lowest BCUT2D eigenvalue weighted by Gasteiger charge is -2.44. The molecule has 0 spiro atoms. The van der Waals surface area contributed by atoms with Crippen molar-refractivity contribution in [3.8, 4) is 11.8 Å². The quantitative estimate of drug-likeness (QED) is 0.433. The molecule has 196 valence electrons. The van der Waals surface area contributed by atoms with E-state index in [9.17, 15) is 23.3 Å². The Balaban J connectivity index is 1.06. The predicted octanol–water partition coefficient (Wildman–Crippen LogP) is 3.13. The molecule has 0 radical (unpaired) electrons. The Hall–Kier alpha value is -3.06. The van der Waals surface area contributed by atoms with E-state index in [1.165, 1.54) is 18.3 Å². The minimum absolute atomic E-state index is 0.194. The lowest BCUT2D eigenvalue weighted by atomic mass is 9.99. The van der Waals surface area contributed by atoms with Gasteiger partial charge in [0.05, 0.1) is 6.54 Å². The van der Waals surface area contributed by atoms with Crippen molar-refractivity contribution in [1.82, 2.24) is 19.4 Å². The number of likely N-dealkylation sites (tertiary alicyclic amines) is 1. The van der Waals surface area contributed by atoms with Gasteiger partial charge in [-0.25, -0.2) is 0 Å². The minimum atomic E-state index is -4.68. The smallest absolute Gasteiger partial charge is 0.436 e. The molecule has 1 aromatic heterocycles. The lowest BCUT2D eigenvalue weighted by Crippen LogP contribution is -2.55. The Morgan fingerprint density at radius 3 is 2.39 bits per heavy atom. The number of aromatic nitrogens is 2. The summed E-state index contributed by atoms with van der Waals surface area (Å²) in [6.45, 7) is 8.65. The normalized spacial score (nSPS) is 23.9. The molecule has 2 fully saturated rings. The molecule has 2 saturated heterocycles. The maximum absolute atomic E-state index is 12.4. The van der Waals surface area contributed by atoms with Crippen LogP contribution in [0.25, 0.3) is 0 Å². The molecule has 10 nitrogen and oxygen atoms in total. The van der Waals surface area contributed by atoms with E-state index in [2.05, 4.69) is 24.4 Å². The van der Waals surface area contributed by atoms with Crippen LogP contribution in [0.3, 0.4) is 0 Å². The number of nitrogens with zero attached hydrogens (tertiary/aromatic N) is 6. The molecule has 1 unspecified atom stereocenters. The predicted molar refractivity (Wildman–Crippen MR) is 124 cm³/mol. The number of fused-ring (bicyclic) bond motifs is 1. The summed E-state index contributed by atoms with van der Waals surface area (Å²) in [5.41, 5.74) is 0.436. The Morgan fingerprint density at radius 1 is 1.14 bits per heavy atom. The molecule has 1 atom stereocenters. The number of piperazine rings is 1. The average Bonchev–Trinajstić information content (AvgIpc) is 3.34. The van der Waals surface area contributed by atoms with E-state index in [1.807, 2.05) is 6.92 Å². The molecule has 1 aromatic carbocycles. The second kappa shape index (κ2) is 9.43. The number of halogens is 3. The third-order valence-electron chi connectivity index (χ3n) is 7.14. The Morgan fingerprint density at radius 2 is 1.81 bits per heavy atom. The van der Waals surface area contributed by atoms with Gasteiger partial charge in [0.2, 0.25) is 0 Å². The second-order valence-corrected chi connectivity index (χ2v) is 9.89. The maximum atomic E-state index is 12.4. The van der Waals surface area contributed by atoms with Crippen LogP contribution in [0.2, 0.25) is 0 Å². The molecule has 0 bridgehead atoms. The van der Waals surface area contributed by atoms with E-state index in [4.69, 9.17) is 4.74 Å². The number of anilines is 1. The van der Waals surface area contributed by atoms with E-state index in [0.29, 0.717) is 18.6 Å². The van der Waals surface area contributed by atoms with Gasteiger partial charge in [0.25, 0.3) is 0 Å². The monoisotopic (exact) mass is 510 g/mol. The SMILES string of the molecule is CC1(CN2CCC(N3CCN(c4ccc(OC(F)(F)F)cc4)CC3)CC2)Cn2cc([N+](=O)[O-])nc2O1. The van der Waals surface area contributed by atoms with Crippen LogP contribution in [0.4, 0.5) is 24.7 Å². The highest BCUT2D eigenvalue weighted by atomic mass is 19.4. The summed E-state index contributed by atoms with van der Waals surface area (Å²) in [6, 6.07) is 6.86. The van der Waals surface area contributed by atoms with Crippen molar-refractivity contribution >= 4 is 11.5 Å². The van der Waals surface area contributed by atoms with E-state index in [0.717, 1.165) is 64.3 Å². The van der Waals surface area contributed by atoms with Crippen molar-refractivity contribution in [1.29, 1.82) is 0 Å². The highest BCUT2D eigenvalue weighted by Gasteiger charge is 2.42. The standard InChI is InChI=1S/C23H29F3N6O4/c1-22(16-31-14-20(32(33)34)27-21(31)36-22)15-28-8-6-18(7-9-28)30-12-10-29(11-13-30)17-2-4-19(5-3-17)35-23(24,25)26/h2-5,14,18H,6-13,15-16H2,1H3. The summed E-state index contributed by atoms with van der Waals surface area (Å²) < 4.78 is 48.8. The van der Waals surface area contributed by atoms with Crippen molar-refractivity contribution in [3.63, 3.8) is 0 Å². The molecule has 0 saturated carbocycles. The summed E-state index contributed by atoms with van der Waals surface area (Å²) in [5, 5.41) is 10.9. The summed E-state index contributed by atoms with van der Waals surface area (Å²) in [6.07, 6.45) is -1.15. The van der Waals surface area contributed by atoms with Crippen LogP contribution < -0.4 is 14.4 Å². The first-order chi connectivity index (χ1) is 17.1. The molecular weight excluding hydrogens is 481 g/mol. The van der Waals surface area contributed by atoms with E-state index in [-0.39, 0.29) is 11.6 Å². The van der Waals surface area contributed by atoms with Crippen LogP contribution in [0.15, 0.2) is 30.5 Å². The topological polar surface area (TPSA) is 89.1 Å². The highest BCUT2D eigenvalue weighted by Crippen LogP contribution is 2.32. The molecule has 13 heteroatoms. The first-order valence-corrected chi connectivity index (χ1v) is 12.0. The summed E-state index contributed by atoms with van der Waals surface area (Å²) in [7, 11) is 0. The van der Waals surface area contributed by atoms with Gasteiger partial charge < -0.3 is 24.5 Å². The third kappa shape index (κ3) is 5.51. The van der Waals surface area contributed by atoms with E-state index >= 15 is 0 Å². The van der Waals surface area contributed by atoms with Gasteiger partial charge in [-0.2, -0.15) is 0 Å². The molecule has 3 aliphatic heterocycles. The van der Waals surface area contributed by atoms with E-state index in [1.54, 1.807) is 16.7 Å². The van der Waals surface area contributed by atoms with Crippen LogP contribution in [0, 0.1) is 10.1 Å². The van der Waals surface area contributed by atoms with Gasteiger partial charge in [0.1, 0.15) is 17.5 Å². The summed E-state index contributed by atoms with van der Waals surface area (Å²) >= 11 is 0. The van der Waals surface area contributed by atoms with Crippen molar-refractivity contribution in [2.45, 2.75) is 44.3 Å². The highest BCUT2D eigenvalue weighted by molar-refractivity contribution is 5.49. The van der Waals surface area contributed by atoms with Crippen molar-refractivity contribution in [2.75, 3.05) is 50.7 Å². The fourth-order valence-corrected chi connectivity index (χ4v) is 5.48. The van der Waals surface area contributed by atoms with Crippen LogP contribution in [0.5, 0.6) is 11.8 Å². The molecule has 0 aliphatic carbocycles. The first kappa shape index (κ1) is 24.6. The van der Waals surface area contributed by atoms with Gasteiger partial charge in [-0.15, -0.1) is 13.2 Å². The number of benzene rings is 1. The summed E-state index contributed by atoms with van der Waals surface area (Å²) in [5.74, 6) is -0.403. The first-order valence-electron chi connectivity index (χ1n) is 12.0. The van der Waals surface area contributed by atoms with Gasteiger partial charge in [-0.1, -0.05) is 0 Å². The molecule has 5 rings (SSSR count). The number of rotatable bonds is 6. The van der Waals surface area contributed by atoms with Gasteiger partial charge in [0.15, 0.2) is 0 Å². The number of imidazole rings is 1. The van der Waals surface area contributed by atoms with Crippen LogP contribution in [-0.4, -0.2) is 88.1 Å². The number of hydrogen-bond acceptors (Lipinski definition) is 8. The second-order valence-electron chi connectivity index (χ2n) is 9.89. The fraction of sp³-hybridized carbons (Fsp3) is 0.609. The average molecular weight is 511 g/mol.